The first kappa shape index (κ1) is 17.9. The van der Waals surface area contributed by atoms with Crippen molar-refractivity contribution in [2.24, 2.45) is 5.92 Å². The van der Waals surface area contributed by atoms with Crippen LogP contribution in [0.2, 0.25) is 0 Å². The Labute approximate surface area is 145 Å². The van der Waals surface area contributed by atoms with Gasteiger partial charge in [0.2, 0.25) is 10.0 Å². The first-order chi connectivity index (χ1) is 11.9. The van der Waals surface area contributed by atoms with E-state index < -0.39 is 32.4 Å². The van der Waals surface area contributed by atoms with Crippen LogP contribution >= 0.6 is 0 Å². The maximum Gasteiger partial charge on any atom is 0.246 e. The van der Waals surface area contributed by atoms with Crippen LogP contribution in [0.3, 0.4) is 0 Å². The SMILES string of the molecule is O=S(=O)(c1ccc(F)c(F)c1F)N1CCC(Cc2ccccc2)CC1. The Morgan fingerprint density at radius 2 is 1.56 bits per heavy atom. The quantitative estimate of drug-likeness (QED) is 0.770. The molecule has 2 aromatic carbocycles. The van der Waals surface area contributed by atoms with Gasteiger partial charge in [-0.05, 0) is 42.9 Å². The van der Waals surface area contributed by atoms with Crippen LogP contribution in [0.4, 0.5) is 13.2 Å². The minimum absolute atomic E-state index is 0.234. The van der Waals surface area contributed by atoms with Crippen LogP contribution in [0, 0.1) is 23.4 Å². The molecule has 0 aliphatic carbocycles. The van der Waals surface area contributed by atoms with E-state index >= 15 is 0 Å². The number of halogens is 3. The van der Waals surface area contributed by atoms with Gasteiger partial charge in [0, 0.05) is 13.1 Å². The first-order valence-electron chi connectivity index (χ1n) is 8.07. The van der Waals surface area contributed by atoms with E-state index in [1.807, 2.05) is 30.3 Å². The molecular formula is C18H18F3NO2S. The zero-order chi connectivity index (χ0) is 18.0. The monoisotopic (exact) mass is 369 g/mol. The molecule has 1 heterocycles. The lowest BCUT2D eigenvalue weighted by Gasteiger charge is -2.31. The van der Waals surface area contributed by atoms with Gasteiger partial charge in [-0.2, -0.15) is 4.31 Å². The van der Waals surface area contributed by atoms with Gasteiger partial charge in [0.25, 0.3) is 0 Å². The number of benzene rings is 2. The Hall–Kier alpha value is -1.86. The third-order valence-corrected chi connectivity index (χ3v) is 6.47. The molecule has 0 aromatic heterocycles. The molecule has 25 heavy (non-hydrogen) atoms. The lowest BCUT2D eigenvalue weighted by atomic mass is 9.91. The number of hydrogen-bond acceptors (Lipinski definition) is 2. The van der Waals surface area contributed by atoms with Crippen LogP contribution in [-0.2, 0) is 16.4 Å². The minimum atomic E-state index is -4.18. The predicted molar refractivity (Wildman–Crippen MR) is 87.9 cm³/mol. The molecule has 7 heteroatoms. The van der Waals surface area contributed by atoms with Gasteiger partial charge in [-0.3, -0.25) is 0 Å². The molecule has 1 saturated heterocycles. The van der Waals surface area contributed by atoms with E-state index in [-0.39, 0.29) is 13.1 Å². The van der Waals surface area contributed by atoms with Crippen molar-refractivity contribution < 1.29 is 21.6 Å². The fraction of sp³-hybridized carbons (Fsp3) is 0.333. The summed E-state index contributed by atoms with van der Waals surface area (Å²) in [5, 5.41) is 0. The van der Waals surface area contributed by atoms with Crippen LogP contribution in [-0.4, -0.2) is 25.8 Å². The van der Waals surface area contributed by atoms with Gasteiger partial charge in [-0.15, -0.1) is 0 Å². The van der Waals surface area contributed by atoms with Crippen molar-refractivity contribution in [1.29, 1.82) is 0 Å². The standard InChI is InChI=1S/C18H18F3NO2S/c19-15-6-7-16(18(21)17(15)20)25(23,24)22-10-8-14(9-11-22)12-13-4-2-1-3-5-13/h1-7,14H,8-12H2. The van der Waals surface area contributed by atoms with Gasteiger partial charge < -0.3 is 0 Å². The fourth-order valence-corrected chi connectivity index (χ4v) is 4.67. The van der Waals surface area contributed by atoms with Gasteiger partial charge in [0.15, 0.2) is 17.5 Å². The van der Waals surface area contributed by atoms with Crippen molar-refractivity contribution >= 4 is 10.0 Å². The van der Waals surface area contributed by atoms with E-state index in [9.17, 15) is 21.6 Å². The molecule has 0 bridgehead atoms. The average molecular weight is 369 g/mol. The summed E-state index contributed by atoms with van der Waals surface area (Å²) < 4.78 is 66.5. The van der Waals surface area contributed by atoms with E-state index in [1.54, 1.807) is 0 Å². The van der Waals surface area contributed by atoms with E-state index in [0.29, 0.717) is 24.8 Å². The van der Waals surface area contributed by atoms with Crippen molar-refractivity contribution in [1.82, 2.24) is 4.31 Å². The Balaban J connectivity index is 1.71. The Morgan fingerprint density at radius 3 is 2.20 bits per heavy atom. The smallest absolute Gasteiger partial charge is 0.207 e. The van der Waals surface area contributed by atoms with Crippen LogP contribution < -0.4 is 0 Å². The normalized spacial score (nSPS) is 16.9. The molecule has 0 atom stereocenters. The molecule has 1 fully saturated rings. The molecule has 3 nitrogen and oxygen atoms in total. The first-order valence-corrected chi connectivity index (χ1v) is 9.51. The topological polar surface area (TPSA) is 37.4 Å². The van der Waals surface area contributed by atoms with E-state index in [1.165, 1.54) is 5.56 Å². The molecule has 134 valence electrons. The lowest BCUT2D eigenvalue weighted by Crippen LogP contribution is -2.39. The molecular weight excluding hydrogens is 351 g/mol. The zero-order valence-electron chi connectivity index (χ0n) is 13.5. The number of sulfonamides is 1. The summed E-state index contributed by atoms with van der Waals surface area (Å²) in [6.07, 6.45) is 2.13. The van der Waals surface area contributed by atoms with Crippen molar-refractivity contribution in [3.05, 3.63) is 65.5 Å². The highest BCUT2D eigenvalue weighted by Crippen LogP contribution is 2.28. The average Bonchev–Trinajstić information content (AvgIpc) is 2.61. The number of nitrogens with zero attached hydrogens (tertiary/aromatic N) is 1. The van der Waals surface area contributed by atoms with Gasteiger partial charge in [0.1, 0.15) is 4.90 Å². The second-order valence-electron chi connectivity index (χ2n) is 6.21. The Morgan fingerprint density at radius 1 is 0.920 bits per heavy atom. The molecule has 0 saturated carbocycles. The van der Waals surface area contributed by atoms with Crippen molar-refractivity contribution in [3.63, 3.8) is 0 Å². The van der Waals surface area contributed by atoms with Crippen LogP contribution in [0.25, 0.3) is 0 Å². The molecule has 0 amide bonds. The maximum absolute atomic E-state index is 13.9. The maximum atomic E-state index is 13.9. The summed E-state index contributed by atoms with van der Waals surface area (Å²) in [5.74, 6) is -4.49. The van der Waals surface area contributed by atoms with Crippen LogP contribution in [0.15, 0.2) is 47.4 Å². The molecule has 1 aliphatic heterocycles. The minimum Gasteiger partial charge on any atom is -0.207 e. The number of piperidine rings is 1. The van der Waals surface area contributed by atoms with Crippen molar-refractivity contribution in [2.45, 2.75) is 24.2 Å². The largest absolute Gasteiger partial charge is 0.246 e. The highest BCUT2D eigenvalue weighted by atomic mass is 32.2. The fourth-order valence-electron chi connectivity index (χ4n) is 3.15. The summed E-state index contributed by atoms with van der Waals surface area (Å²) in [6.45, 7) is 0.469. The summed E-state index contributed by atoms with van der Waals surface area (Å²) in [4.78, 5) is -0.812. The lowest BCUT2D eigenvalue weighted by molar-refractivity contribution is 0.271. The molecule has 0 N–H and O–H groups in total. The summed E-state index contributed by atoms with van der Waals surface area (Å²) >= 11 is 0. The molecule has 3 rings (SSSR count). The van der Waals surface area contributed by atoms with Gasteiger partial charge in [0.05, 0.1) is 0 Å². The van der Waals surface area contributed by atoms with Crippen LogP contribution in [0.5, 0.6) is 0 Å². The van der Waals surface area contributed by atoms with Gasteiger partial charge >= 0.3 is 0 Å². The molecule has 2 aromatic rings. The number of rotatable bonds is 4. The van der Waals surface area contributed by atoms with E-state index in [0.717, 1.165) is 16.8 Å². The van der Waals surface area contributed by atoms with Crippen molar-refractivity contribution in [2.75, 3.05) is 13.1 Å². The highest BCUT2D eigenvalue weighted by molar-refractivity contribution is 7.89. The number of hydrogen-bond donors (Lipinski definition) is 0. The highest BCUT2D eigenvalue weighted by Gasteiger charge is 2.33. The van der Waals surface area contributed by atoms with E-state index in [4.69, 9.17) is 0 Å². The summed E-state index contributed by atoms with van der Waals surface area (Å²) in [5.41, 5.74) is 1.19. The Bertz CT molecular complexity index is 848. The molecule has 0 radical (unpaired) electrons. The molecule has 0 spiro atoms. The third-order valence-electron chi connectivity index (χ3n) is 4.56. The third kappa shape index (κ3) is 3.72. The zero-order valence-corrected chi connectivity index (χ0v) is 14.3. The van der Waals surface area contributed by atoms with Crippen molar-refractivity contribution in [3.8, 4) is 0 Å². The second kappa shape index (κ2) is 7.17. The van der Waals surface area contributed by atoms with Gasteiger partial charge in [-0.25, -0.2) is 21.6 Å². The molecule has 1 aliphatic rings. The second-order valence-corrected chi connectivity index (χ2v) is 8.12. The molecule has 0 unspecified atom stereocenters. The van der Waals surface area contributed by atoms with E-state index in [2.05, 4.69) is 0 Å². The van der Waals surface area contributed by atoms with Gasteiger partial charge in [-0.1, -0.05) is 30.3 Å². The summed E-state index contributed by atoms with van der Waals surface area (Å²) in [7, 11) is -4.18. The van der Waals surface area contributed by atoms with Crippen LogP contribution in [0.1, 0.15) is 18.4 Å². The summed E-state index contributed by atoms with van der Waals surface area (Å²) in [6, 6.07) is 11.3. The predicted octanol–water partition coefficient (Wildman–Crippen LogP) is 3.75. The Kier molecular flexibility index (Phi) is 5.15.